The van der Waals surface area contributed by atoms with Gasteiger partial charge >= 0.3 is 0 Å². The highest BCUT2D eigenvalue weighted by atomic mass is 35.5. The van der Waals surface area contributed by atoms with Gasteiger partial charge in [0.2, 0.25) is 5.89 Å². The highest BCUT2D eigenvalue weighted by molar-refractivity contribution is 6.35. The van der Waals surface area contributed by atoms with Crippen LogP contribution in [0.15, 0.2) is 40.8 Å². The fourth-order valence-corrected chi connectivity index (χ4v) is 2.39. The molecular formula is C15H12Cl2N2O. The van der Waals surface area contributed by atoms with E-state index in [2.05, 4.69) is 10.3 Å². The zero-order valence-corrected chi connectivity index (χ0v) is 12.3. The molecule has 3 aromatic rings. The van der Waals surface area contributed by atoms with E-state index in [4.69, 9.17) is 27.6 Å². The normalized spacial score (nSPS) is 10.9. The van der Waals surface area contributed by atoms with E-state index in [9.17, 15) is 0 Å². The Balaban J connectivity index is 2.10. The van der Waals surface area contributed by atoms with Crippen LogP contribution in [0.3, 0.4) is 0 Å². The lowest BCUT2D eigenvalue weighted by Crippen LogP contribution is -1.95. The average Bonchev–Trinajstić information content (AvgIpc) is 2.85. The molecule has 0 saturated heterocycles. The van der Waals surface area contributed by atoms with E-state index in [-0.39, 0.29) is 0 Å². The van der Waals surface area contributed by atoms with Crippen molar-refractivity contribution >= 4 is 40.0 Å². The Labute approximate surface area is 126 Å². The maximum absolute atomic E-state index is 6.17. The molecule has 20 heavy (non-hydrogen) atoms. The number of oxazole rings is 1. The standard InChI is InChI=1S/C15H12Cl2N2O/c1-2-18-10-4-6-14-13(8-10)19-15(20-14)11-7-9(16)3-5-12(11)17/h3-8,18H,2H2,1H3. The Kier molecular flexibility index (Phi) is 3.55. The van der Waals surface area contributed by atoms with Crippen LogP contribution in [-0.2, 0) is 0 Å². The monoisotopic (exact) mass is 306 g/mol. The number of hydrogen-bond donors (Lipinski definition) is 1. The van der Waals surface area contributed by atoms with Crippen molar-refractivity contribution in [3.8, 4) is 11.5 Å². The van der Waals surface area contributed by atoms with E-state index < -0.39 is 0 Å². The second kappa shape index (κ2) is 5.35. The molecule has 3 rings (SSSR count). The summed E-state index contributed by atoms with van der Waals surface area (Å²) in [6.07, 6.45) is 0. The molecule has 1 aromatic heterocycles. The molecule has 0 bridgehead atoms. The summed E-state index contributed by atoms with van der Waals surface area (Å²) in [6, 6.07) is 11.0. The lowest BCUT2D eigenvalue weighted by atomic mass is 10.2. The summed E-state index contributed by atoms with van der Waals surface area (Å²) < 4.78 is 5.74. The first kappa shape index (κ1) is 13.3. The largest absolute Gasteiger partial charge is 0.436 e. The lowest BCUT2D eigenvalue weighted by molar-refractivity contribution is 0.620. The lowest BCUT2D eigenvalue weighted by Gasteiger charge is -2.00. The summed E-state index contributed by atoms with van der Waals surface area (Å²) in [5.74, 6) is 0.473. The molecule has 2 aromatic carbocycles. The number of anilines is 1. The van der Waals surface area contributed by atoms with Crippen molar-refractivity contribution < 1.29 is 4.42 Å². The van der Waals surface area contributed by atoms with E-state index in [1.54, 1.807) is 18.2 Å². The molecule has 3 nitrogen and oxygen atoms in total. The molecule has 0 aliphatic carbocycles. The Morgan fingerprint density at radius 1 is 1.15 bits per heavy atom. The summed E-state index contributed by atoms with van der Waals surface area (Å²) in [5, 5.41) is 4.40. The summed E-state index contributed by atoms with van der Waals surface area (Å²) in [5.41, 5.74) is 3.21. The van der Waals surface area contributed by atoms with E-state index >= 15 is 0 Å². The molecule has 0 aliphatic rings. The molecule has 0 radical (unpaired) electrons. The van der Waals surface area contributed by atoms with E-state index in [1.165, 1.54) is 0 Å². The van der Waals surface area contributed by atoms with Gasteiger partial charge in [-0.1, -0.05) is 23.2 Å². The number of aromatic nitrogens is 1. The first-order chi connectivity index (χ1) is 9.67. The van der Waals surface area contributed by atoms with Crippen LogP contribution in [0.2, 0.25) is 10.0 Å². The number of halogens is 2. The van der Waals surface area contributed by atoms with Gasteiger partial charge in [0.05, 0.1) is 10.6 Å². The van der Waals surface area contributed by atoms with Crippen LogP contribution in [0.5, 0.6) is 0 Å². The van der Waals surface area contributed by atoms with Crippen molar-refractivity contribution in [2.75, 3.05) is 11.9 Å². The summed E-state index contributed by atoms with van der Waals surface area (Å²) in [6.45, 7) is 2.90. The van der Waals surface area contributed by atoms with Crippen molar-refractivity contribution in [1.82, 2.24) is 4.98 Å². The third-order valence-electron chi connectivity index (χ3n) is 2.93. The fraction of sp³-hybridized carbons (Fsp3) is 0.133. The van der Waals surface area contributed by atoms with Crippen molar-refractivity contribution in [3.63, 3.8) is 0 Å². The first-order valence-corrected chi connectivity index (χ1v) is 7.03. The van der Waals surface area contributed by atoms with Crippen LogP contribution in [0.4, 0.5) is 5.69 Å². The van der Waals surface area contributed by atoms with Crippen LogP contribution in [0, 0.1) is 0 Å². The van der Waals surface area contributed by atoms with Gasteiger partial charge in [0, 0.05) is 17.3 Å². The minimum atomic E-state index is 0.473. The molecule has 102 valence electrons. The van der Waals surface area contributed by atoms with Gasteiger partial charge < -0.3 is 9.73 Å². The van der Waals surface area contributed by atoms with Gasteiger partial charge in [0.15, 0.2) is 5.58 Å². The Morgan fingerprint density at radius 3 is 2.80 bits per heavy atom. The van der Waals surface area contributed by atoms with Gasteiger partial charge in [0.1, 0.15) is 5.52 Å². The number of rotatable bonds is 3. The maximum atomic E-state index is 6.17. The van der Waals surface area contributed by atoms with E-state index in [1.807, 2.05) is 25.1 Å². The molecule has 0 aliphatic heterocycles. The van der Waals surface area contributed by atoms with Gasteiger partial charge in [-0.2, -0.15) is 0 Å². The minimum absolute atomic E-state index is 0.473. The zero-order valence-electron chi connectivity index (χ0n) is 10.8. The number of nitrogens with one attached hydrogen (secondary N) is 1. The summed E-state index contributed by atoms with van der Waals surface area (Å²) >= 11 is 12.2. The van der Waals surface area contributed by atoms with Crippen LogP contribution < -0.4 is 5.32 Å². The van der Waals surface area contributed by atoms with Crippen molar-refractivity contribution in [2.24, 2.45) is 0 Å². The molecule has 1 N–H and O–H groups in total. The molecule has 0 amide bonds. The SMILES string of the molecule is CCNc1ccc2oc(-c3cc(Cl)ccc3Cl)nc2c1. The van der Waals surface area contributed by atoms with Crippen molar-refractivity contribution in [3.05, 3.63) is 46.4 Å². The Morgan fingerprint density at radius 2 is 2.00 bits per heavy atom. The molecular weight excluding hydrogens is 295 g/mol. The third kappa shape index (κ3) is 2.47. The van der Waals surface area contributed by atoms with Crippen LogP contribution in [0.1, 0.15) is 6.92 Å². The number of fused-ring (bicyclic) bond motifs is 1. The predicted molar refractivity (Wildman–Crippen MR) is 83.6 cm³/mol. The maximum Gasteiger partial charge on any atom is 0.228 e. The van der Waals surface area contributed by atoms with Gasteiger partial charge in [0.25, 0.3) is 0 Å². The number of hydrogen-bond acceptors (Lipinski definition) is 3. The zero-order chi connectivity index (χ0) is 14.1. The van der Waals surface area contributed by atoms with Crippen LogP contribution in [0.25, 0.3) is 22.6 Å². The highest BCUT2D eigenvalue weighted by Gasteiger charge is 2.12. The smallest absolute Gasteiger partial charge is 0.228 e. The molecule has 0 atom stereocenters. The topological polar surface area (TPSA) is 38.1 Å². The third-order valence-corrected chi connectivity index (χ3v) is 3.49. The van der Waals surface area contributed by atoms with Crippen LogP contribution in [-0.4, -0.2) is 11.5 Å². The highest BCUT2D eigenvalue weighted by Crippen LogP contribution is 2.32. The van der Waals surface area contributed by atoms with Crippen molar-refractivity contribution in [1.29, 1.82) is 0 Å². The minimum Gasteiger partial charge on any atom is -0.436 e. The number of benzene rings is 2. The first-order valence-electron chi connectivity index (χ1n) is 6.27. The second-order valence-electron chi connectivity index (χ2n) is 4.36. The molecule has 1 heterocycles. The molecule has 0 unspecified atom stereocenters. The summed E-state index contributed by atoms with van der Waals surface area (Å²) in [7, 11) is 0. The molecule has 0 saturated carbocycles. The second-order valence-corrected chi connectivity index (χ2v) is 5.20. The molecule has 0 spiro atoms. The van der Waals surface area contributed by atoms with Crippen LogP contribution >= 0.6 is 23.2 Å². The van der Waals surface area contributed by atoms with E-state index in [0.29, 0.717) is 21.5 Å². The predicted octanol–water partition coefficient (Wildman–Crippen LogP) is 5.23. The van der Waals surface area contributed by atoms with Gasteiger partial charge in [-0.15, -0.1) is 0 Å². The molecule has 0 fully saturated rings. The van der Waals surface area contributed by atoms with E-state index in [0.717, 1.165) is 23.3 Å². The van der Waals surface area contributed by atoms with Gasteiger partial charge in [-0.05, 0) is 43.3 Å². The fourth-order valence-electron chi connectivity index (χ4n) is 2.02. The summed E-state index contributed by atoms with van der Waals surface area (Å²) in [4.78, 5) is 4.48. The average molecular weight is 307 g/mol. The number of nitrogens with zero attached hydrogens (tertiary/aromatic N) is 1. The van der Waals surface area contributed by atoms with Crippen molar-refractivity contribution in [2.45, 2.75) is 6.92 Å². The Bertz CT molecular complexity index is 768. The quantitative estimate of drug-likeness (QED) is 0.719. The molecule has 5 heteroatoms. The van der Waals surface area contributed by atoms with Gasteiger partial charge in [-0.3, -0.25) is 0 Å². The Hall–Kier alpha value is -1.71. The van der Waals surface area contributed by atoms with Gasteiger partial charge in [-0.25, -0.2) is 4.98 Å².